The van der Waals surface area contributed by atoms with Crippen LogP contribution in [-0.2, 0) is 5.41 Å². The number of aromatic nitrogens is 2. The quantitative estimate of drug-likeness (QED) is 0.787. The molecule has 78 valence electrons. The second-order valence-electron chi connectivity index (χ2n) is 4.06. The highest BCUT2D eigenvalue weighted by Gasteiger charge is 2.16. The van der Waals surface area contributed by atoms with Gasteiger partial charge in [-0.15, -0.1) is 0 Å². The third-order valence-electron chi connectivity index (χ3n) is 1.66. The van der Waals surface area contributed by atoms with Gasteiger partial charge in [-0.05, 0) is 0 Å². The van der Waals surface area contributed by atoms with Gasteiger partial charge in [-0.1, -0.05) is 20.8 Å². The molecule has 0 amide bonds. The van der Waals surface area contributed by atoms with E-state index in [1.54, 1.807) is 12.4 Å². The topological polar surface area (TPSA) is 55.2 Å². The summed E-state index contributed by atoms with van der Waals surface area (Å²) in [5.74, 6) is 1.38. The van der Waals surface area contributed by atoms with Crippen LogP contribution in [0.1, 0.15) is 26.6 Å². The van der Waals surface area contributed by atoms with E-state index in [2.05, 4.69) is 30.7 Å². The highest BCUT2D eigenvalue weighted by Crippen LogP contribution is 2.18. The number of aliphatic hydroxyl groups excluding tert-OH is 1. The molecule has 0 aliphatic heterocycles. The summed E-state index contributed by atoms with van der Waals surface area (Å²) < 4.78 is 5.15. The van der Waals surface area contributed by atoms with E-state index in [9.17, 15) is 0 Å². The van der Waals surface area contributed by atoms with E-state index in [0.717, 1.165) is 5.82 Å². The molecule has 1 aromatic heterocycles. The van der Waals surface area contributed by atoms with Gasteiger partial charge in [-0.25, -0.2) is 9.97 Å². The van der Waals surface area contributed by atoms with Crippen molar-refractivity contribution < 1.29 is 9.84 Å². The van der Waals surface area contributed by atoms with Crippen molar-refractivity contribution in [1.82, 2.24) is 9.97 Å². The fraction of sp³-hybridized carbons (Fsp3) is 0.600. The molecule has 0 unspecified atom stereocenters. The zero-order chi connectivity index (χ0) is 10.6. The molecule has 0 aliphatic rings. The van der Waals surface area contributed by atoms with E-state index >= 15 is 0 Å². The molecule has 0 saturated carbocycles. The molecule has 0 atom stereocenters. The minimum absolute atomic E-state index is 0.00101. The van der Waals surface area contributed by atoms with Crippen molar-refractivity contribution in [3.05, 3.63) is 18.2 Å². The Labute approximate surface area is 84.0 Å². The SMILES string of the molecule is CC(C)(C)c1ncc(OCCO)cn1. The lowest BCUT2D eigenvalue weighted by molar-refractivity contribution is 0.200. The van der Waals surface area contributed by atoms with Gasteiger partial charge in [-0.3, -0.25) is 0 Å². The first-order chi connectivity index (χ1) is 6.54. The van der Waals surface area contributed by atoms with Crippen molar-refractivity contribution in [3.63, 3.8) is 0 Å². The molecule has 1 aromatic rings. The van der Waals surface area contributed by atoms with Crippen LogP contribution in [0.25, 0.3) is 0 Å². The van der Waals surface area contributed by atoms with Crippen LogP contribution < -0.4 is 4.74 Å². The first-order valence-corrected chi connectivity index (χ1v) is 4.60. The van der Waals surface area contributed by atoms with Gasteiger partial charge in [0.05, 0.1) is 19.0 Å². The molecule has 1 rings (SSSR count). The molecule has 0 radical (unpaired) electrons. The van der Waals surface area contributed by atoms with Gasteiger partial charge in [0, 0.05) is 5.41 Å². The fourth-order valence-corrected chi connectivity index (χ4v) is 0.942. The summed E-state index contributed by atoms with van der Waals surface area (Å²) in [6.07, 6.45) is 3.26. The fourth-order valence-electron chi connectivity index (χ4n) is 0.942. The van der Waals surface area contributed by atoms with Crippen molar-refractivity contribution in [2.24, 2.45) is 0 Å². The molecule has 4 nitrogen and oxygen atoms in total. The maximum atomic E-state index is 8.55. The summed E-state index contributed by atoms with van der Waals surface area (Å²) >= 11 is 0. The average Bonchev–Trinajstić information content (AvgIpc) is 2.14. The highest BCUT2D eigenvalue weighted by molar-refractivity contribution is 5.14. The largest absolute Gasteiger partial charge is 0.488 e. The Morgan fingerprint density at radius 2 is 1.86 bits per heavy atom. The van der Waals surface area contributed by atoms with E-state index in [4.69, 9.17) is 9.84 Å². The van der Waals surface area contributed by atoms with Gasteiger partial charge in [-0.2, -0.15) is 0 Å². The monoisotopic (exact) mass is 196 g/mol. The van der Waals surface area contributed by atoms with Crippen molar-refractivity contribution in [2.45, 2.75) is 26.2 Å². The average molecular weight is 196 g/mol. The van der Waals surface area contributed by atoms with Gasteiger partial charge in [0.25, 0.3) is 0 Å². The van der Waals surface area contributed by atoms with E-state index in [0.29, 0.717) is 5.75 Å². The minimum atomic E-state index is -0.0461. The van der Waals surface area contributed by atoms with Crippen LogP contribution in [0.4, 0.5) is 0 Å². The molecule has 0 bridgehead atoms. The minimum Gasteiger partial charge on any atom is -0.488 e. The van der Waals surface area contributed by atoms with Crippen LogP contribution in [0, 0.1) is 0 Å². The van der Waals surface area contributed by atoms with E-state index in [1.807, 2.05) is 0 Å². The zero-order valence-corrected chi connectivity index (χ0v) is 8.82. The van der Waals surface area contributed by atoms with Crippen LogP contribution in [-0.4, -0.2) is 28.3 Å². The Balaban J connectivity index is 2.69. The molecule has 1 heterocycles. The Morgan fingerprint density at radius 3 is 2.29 bits per heavy atom. The van der Waals surface area contributed by atoms with E-state index < -0.39 is 0 Å². The van der Waals surface area contributed by atoms with Crippen molar-refractivity contribution in [2.75, 3.05) is 13.2 Å². The summed E-state index contributed by atoms with van der Waals surface area (Å²) in [5, 5.41) is 8.55. The number of hydrogen-bond acceptors (Lipinski definition) is 4. The van der Waals surface area contributed by atoms with E-state index in [1.165, 1.54) is 0 Å². The first-order valence-electron chi connectivity index (χ1n) is 4.60. The van der Waals surface area contributed by atoms with Crippen LogP contribution in [0.3, 0.4) is 0 Å². The lowest BCUT2D eigenvalue weighted by Gasteiger charge is -2.15. The summed E-state index contributed by atoms with van der Waals surface area (Å²) in [6, 6.07) is 0. The smallest absolute Gasteiger partial charge is 0.156 e. The summed E-state index contributed by atoms with van der Waals surface area (Å²) in [4.78, 5) is 8.37. The standard InChI is InChI=1S/C10H16N2O2/c1-10(2,3)9-11-6-8(7-12-9)14-5-4-13/h6-7,13H,4-5H2,1-3H3. The van der Waals surface area contributed by atoms with Crippen LogP contribution in [0.2, 0.25) is 0 Å². The maximum absolute atomic E-state index is 8.55. The summed E-state index contributed by atoms with van der Waals surface area (Å²) in [6.45, 7) is 6.43. The molecule has 0 fully saturated rings. The molecule has 0 aromatic carbocycles. The van der Waals surface area contributed by atoms with Crippen molar-refractivity contribution in [1.29, 1.82) is 0 Å². The Hall–Kier alpha value is -1.16. The first kappa shape index (κ1) is 10.9. The predicted molar refractivity (Wildman–Crippen MR) is 53.3 cm³/mol. The van der Waals surface area contributed by atoms with Gasteiger partial charge in [0.2, 0.25) is 0 Å². The molecule has 1 N–H and O–H groups in total. The number of rotatable bonds is 3. The Bertz CT molecular complexity index is 277. The normalized spacial score (nSPS) is 11.4. The molecule has 0 aliphatic carbocycles. The third kappa shape index (κ3) is 2.96. The molecular weight excluding hydrogens is 180 g/mol. The van der Waals surface area contributed by atoms with Gasteiger partial charge in [0.15, 0.2) is 5.75 Å². The highest BCUT2D eigenvalue weighted by atomic mass is 16.5. The number of nitrogens with zero attached hydrogens (tertiary/aromatic N) is 2. The maximum Gasteiger partial charge on any atom is 0.156 e. The second-order valence-corrected chi connectivity index (χ2v) is 4.06. The summed E-state index contributed by atoms with van der Waals surface area (Å²) in [7, 11) is 0. The lowest BCUT2D eigenvalue weighted by atomic mass is 9.96. The molecule has 14 heavy (non-hydrogen) atoms. The van der Waals surface area contributed by atoms with E-state index in [-0.39, 0.29) is 18.6 Å². The molecule has 0 spiro atoms. The van der Waals surface area contributed by atoms with Gasteiger partial charge < -0.3 is 9.84 Å². The van der Waals surface area contributed by atoms with Crippen molar-refractivity contribution in [3.8, 4) is 5.75 Å². The number of aliphatic hydroxyl groups is 1. The molecular formula is C10H16N2O2. The van der Waals surface area contributed by atoms with Gasteiger partial charge in [0.1, 0.15) is 12.4 Å². The number of hydrogen-bond donors (Lipinski definition) is 1. The second kappa shape index (κ2) is 4.37. The predicted octanol–water partition coefficient (Wildman–Crippen LogP) is 1.15. The Kier molecular flexibility index (Phi) is 3.41. The van der Waals surface area contributed by atoms with Gasteiger partial charge >= 0.3 is 0 Å². The third-order valence-corrected chi connectivity index (χ3v) is 1.66. The van der Waals surface area contributed by atoms with Crippen LogP contribution >= 0.6 is 0 Å². The molecule has 4 heteroatoms. The zero-order valence-electron chi connectivity index (χ0n) is 8.82. The molecule has 0 saturated heterocycles. The van der Waals surface area contributed by atoms with Crippen LogP contribution in [0.15, 0.2) is 12.4 Å². The number of ether oxygens (including phenoxy) is 1. The van der Waals surface area contributed by atoms with Crippen molar-refractivity contribution >= 4 is 0 Å². The summed E-state index contributed by atoms with van der Waals surface area (Å²) in [5.41, 5.74) is -0.0461. The Morgan fingerprint density at radius 1 is 1.29 bits per heavy atom. The van der Waals surface area contributed by atoms with Crippen LogP contribution in [0.5, 0.6) is 5.75 Å². The lowest BCUT2D eigenvalue weighted by Crippen LogP contribution is -2.15.